The molecule has 1 amide bonds. The number of hydrogen-bond donors (Lipinski definition) is 1. The Bertz CT molecular complexity index is 430. The van der Waals surface area contributed by atoms with E-state index in [1.807, 2.05) is 19.9 Å². The summed E-state index contributed by atoms with van der Waals surface area (Å²) >= 11 is 0. The largest absolute Gasteiger partial charge is 0.468 e. The monoisotopic (exact) mass is 279 g/mol. The van der Waals surface area contributed by atoms with Crippen LogP contribution >= 0.6 is 0 Å². The van der Waals surface area contributed by atoms with Gasteiger partial charge in [0.25, 0.3) is 5.91 Å². The van der Waals surface area contributed by atoms with Gasteiger partial charge in [-0.3, -0.25) is 9.59 Å². The van der Waals surface area contributed by atoms with Crippen LogP contribution in [0.2, 0.25) is 0 Å². The molecule has 0 radical (unpaired) electrons. The van der Waals surface area contributed by atoms with E-state index in [9.17, 15) is 9.59 Å². The Morgan fingerprint density at radius 3 is 1.95 bits per heavy atom. The van der Waals surface area contributed by atoms with Crippen LogP contribution in [0.3, 0.4) is 0 Å². The first-order valence-electron chi connectivity index (χ1n) is 6.69. The molecular weight excluding hydrogens is 254 g/mol. The lowest BCUT2D eigenvalue weighted by atomic mass is 10.1. The lowest BCUT2D eigenvalue weighted by Gasteiger charge is -2.05. The summed E-state index contributed by atoms with van der Waals surface area (Å²) in [6.45, 7) is 10.2. The Morgan fingerprint density at radius 1 is 1.10 bits per heavy atom. The smallest absolute Gasteiger partial charge is 0.325 e. The fourth-order valence-electron chi connectivity index (χ4n) is 1.43. The van der Waals surface area contributed by atoms with Crippen LogP contribution in [0.5, 0.6) is 0 Å². The van der Waals surface area contributed by atoms with E-state index in [0.717, 1.165) is 17.0 Å². The summed E-state index contributed by atoms with van der Waals surface area (Å²) in [5, 5.41) is 2.49. The van der Waals surface area contributed by atoms with Gasteiger partial charge in [0.05, 0.1) is 7.11 Å². The molecule has 0 saturated carbocycles. The Morgan fingerprint density at radius 2 is 1.55 bits per heavy atom. The van der Waals surface area contributed by atoms with E-state index in [-0.39, 0.29) is 12.5 Å². The highest BCUT2D eigenvalue weighted by atomic mass is 16.5. The lowest BCUT2D eigenvalue weighted by molar-refractivity contribution is -0.139. The first-order valence-corrected chi connectivity index (χ1v) is 6.69. The van der Waals surface area contributed by atoms with Crippen molar-refractivity contribution in [2.24, 2.45) is 5.92 Å². The predicted octanol–water partition coefficient (Wildman–Crippen LogP) is 2.87. The maximum absolute atomic E-state index is 11.7. The van der Waals surface area contributed by atoms with Gasteiger partial charge in [-0.15, -0.1) is 0 Å². The van der Waals surface area contributed by atoms with Gasteiger partial charge in [-0.1, -0.05) is 38.0 Å². The first kappa shape index (κ1) is 18.2. The number of aryl methyl sites for hydroxylation is 2. The van der Waals surface area contributed by atoms with Gasteiger partial charge in [-0.05, 0) is 31.9 Å². The molecular formula is C16H25NO3. The standard InChI is InChI=1S/C12H15NO3.C4H10/c1-8-4-9(2)6-10(5-8)12(15)13-7-11(14)16-3;1-4(2)3/h4-6H,7H2,1-3H3,(H,13,15);4H,1-3H3. The van der Waals surface area contributed by atoms with Gasteiger partial charge in [0.2, 0.25) is 0 Å². The highest BCUT2D eigenvalue weighted by Crippen LogP contribution is 2.08. The van der Waals surface area contributed by atoms with Gasteiger partial charge in [-0.2, -0.15) is 0 Å². The zero-order valence-electron chi connectivity index (χ0n) is 13.2. The van der Waals surface area contributed by atoms with Crippen molar-refractivity contribution in [1.29, 1.82) is 0 Å². The predicted molar refractivity (Wildman–Crippen MR) is 80.8 cm³/mol. The molecule has 0 heterocycles. The maximum atomic E-state index is 11.7. The van der Waals surface area contributed by atoms with Crippen molar-refractivity contribution in [3.8, 4) is 0 Å². The summed E-state index contributed by atoms with van der Waals surface area (Å²) in [5.41, 5.74) is 2.59. The Labute approximate surface area is 121 Å². The van der Waals surface area contributed by atoms with Gasteiger partial charge in [0.15, 0.2) is 0 Å². The molecule has 4 heteroatoms. The number of carbonyl (C=O) groups is 2. The number of nitrogens with one attached hydrogen (secondary N) is 1. The van der Waals surface area contributed by atoms with Gasteiger partial charge < -0.3 is 10.1 Å². The van der Waals surface area contributed by atoms with Crippen molar-refractivity contribution in [2.45, 2.75) is 34.6 Å². The second-order valence-electron chi connectivity index (χ2n) is 5.37. The number of esters is 1. The molecule has 0 unspecified atom stereocenters. The lowest BCUT2D eigenvalue weighted by Crippen LogP contribution is -2.30. The van der Waals surface area contributed by atoms with Crippen LogP contribution in [0.25, 0.3) is 0 Å². The maximum Gasteiger partial charge on any atom is 0.325 e. The fraction of sp³-hybridized carbons (Fsp3) is 0.500. The van der Waals surface area contributed by atoms with E-state index in [4.69, 9.17) is 0 Å². The zero-order chi connectivity index (χ0) is 15.7. The summed E-state index contributed by atoms with van der Waals surface area (Å²) in [4.78, 5) is 22.5. The van der Waals surface area contributed by atoms with Crippen molar-refractivity contribution >= 4 is 11.9 Å². The number of benzene rings is 1. The Kier molecular flexibility index (Phi) is 8.29. The zero-order valence-corrected chi connectivity index (χ0v) is 13.2. The van der Waals surface area contributed by atoms with Crippen LogP contribution in [0.15, 0.2) is 18.2 Å². The molecule has 0 aromatic heterocycles. The minimum absolute atomic E-state index is 0.109. The number of methoxy groups -OCH3 is 1. The number of carbonyl (C=O) groups excluding carboxylic acids is 2. The van der Waals surface area contributed by atoms with Gasteiger partial charge in [0.1, 0.15) is 6.54 Å². The number of hydrogen-bond acceptors (Lipinski definition) is 3. The second kappa shape index (κ2) is 9.13. The topological polar surface area (TPSA) is 55.4 Å². The third kappa shape index (κ3) is 8.29. The average molecular weight is 279 g/mol. The molecule has 112 valence electrons. The summed E-state index contributed by atoms with van der Waals surface area (Å²) < 4.78 is 4.43. The molecule has 1 aromatic carbocycles. The van der Waals surface area contributed by atoms with Gasteiger partial charge in [0, 0.05) is 5.56 Å². The molecule has 0 saturated heterocycles. The normalized spacial score (nSPS) is 9.55. The number of amides is 1. The van der Waals surface area contributed by atoms with E-state index < -0.39 is 5.97 Å². The van der Waals surface area contributed by atoms with Crippen LogP contribution in [-0.2, 0) is 9.53 Å². The minimum atomic E-state index is -0.460. The second-order valence-corrected chi connectivity index (χ2v) is 5.37. The third-order valence-electron chi connectivity index (χ3n) is 2.10. The Hall–Kier alpha value is -1.84. The van der Waals surface area contributed by atoms with E-state index in [2.05, 4.69) is 30.8 Å². The first-order chi connectivity index (χ1) is 9.26. The van der Waals surface area contributed by atoms with Crippen molar-refractivity contribution in [3.05, 3.63) is 34.9 Å². The van der Waals surface area contributed by atoms with Gasteiger partial charge >= 0.3 is 5.97 Å². The summed E-state index contributed by atoms with van der Waals surface area (Å²) in [6.07, 6.45) is 0. The van der Waals surface area contributed by atoms with Crippen LogP contribution in [-0.4, -0.2) is 25.5 Å². The molecule has 1 N–H and O–H groups in total. The molecule has 0 aliphatic heterocycles. The van der Waals surface area contributed by atoms with Crippen LogP contribution in [0, 0.1) is 19.8 Å². The molecule has 0 fully saturated rings. The summed E-state index contributed by atoms with van der Waals surface area (Å²) in [5.74, 6) is 0.106. The summed E-state index contributed by atoms with van der Waals surface area (Å²) in [6, 6.07) is 5.54. The SMILES string of the molecule is CC(C)C.COC(=O)CNC(=O)c1cc(C)cc(C)c1. The quantitative estimate of drug-likeness (QED) is 0.866. The van der Waals surface area contributed by atoms with E-state index in [0.29, 0.717) is 5.56 Å². The van der Waals surface area contributed by atoms with Crippen LogP contribution in [0.4, 0.5) is 0 Å². The van der Waals surface area contributed by atoms with E-state index >= 15 is 0 Å². The van der Waals surface area contributed by atoms with Crippen LogP contribution < -0.4 is 5.32 Å². The molecule has 0 spiro atoms. The number of rotatable bonds is 3. The third-order valence-corrected chi connectivity index (χ3v) is 2.10. The molecule has 0 aliphatic rings. The Balaban J connectivity index is 0.000000796. The molecule has 1 rings (SSSR count). The van der Waals surface area contributed by atoms with Gasteiger partial charge in [-0.25, -0.2) is 0 Å². The van der Waals surface area contributed by atoms with Crippen molar-refractivity contribution < 1.29 is 14.3 Å². The van der Waals surface area contributed by atoms with Crippen molar-refractivity contribution in [2.75, 3.05) is 13.7 Å². The molecule has 0 bridgehead atoms. The minimum Gasteiger partial charge on any atom is -0.468 e. The summed E-state index contributed by atoms with van der Waals surface area (Å²) in [7, 11) is 1.28. The molecule has 4 nitrogen and oxygen atoms in total. The van der Waals surface area contributed by atoms with Crippen molar-refractivity contribution in [3.63, 3.8) is 0 Å². The molecule has 0 aliphatic carbocycles. The fourth-order valence-corrected chi connectivity index (χ4v) is 1.43. The number of ether oxygens (including phenoxy) is 1. The average Bonchev–Trinajstić information content (AvgIpc) is 2.33. The molecule has 1 aromatic rings. The highest BCUT2D eigenvalue weighted by molar-refractivity contribution is 5.96. The highest BCUT2D eigenvalue weighted by Gasteiger charge is 2.08. The van der Waals surface area contributed by atoms with Crippen LogP contribution in [0.1, 0.15) is 42.3 Å². The molecule has 0 atom stereocenters. The van der Waals surface area contributed by atoms with E-state index in [1.165, 1.54) is 7.11 Å². The molecule has 20 heavy (non-hydrogen) atoms. The van der Waals surface area contributed by atoms with E-state index in [1.54, 1.807) is 12.1 Å². The van der Waals surface area contributed by atoms with Crippen molar-refractivity contribution in [1.82, 2.24) is 5.32 Å².